The first-order chi connectivity index (χ1) is 35.8. The van der Waals surface area contributed by atoms with Crippen molar-refractivity contribution in [2.24, 2.45) is 0 Å². The highest BCUT2D eigenvalue weighted by Crippen LogP contribution is 2.50. The predicted molar refractivity (Wildman–Crippen MR) is 270 cm³/mol. The van der Waals surface area contributed by atoms with Gasteiger partial charge in [0.15, 0.2) is 0 Å². The standard InChI is InChI=1S/C61H29F6N7/c62-60(63,64)42-19-22-45(51(29-42)61(65,66)67)48-10-6-14-57(74-53-12-4-2-9-47(53)50-28-38(18-24-55(50)74)44-21-16-36(31-69)26-41(44)34-72)59(48)58-39(32-70)7-5-13-56(58)73-52-11-3-1-8-46(52)49-27-37(17-23-54(49)73)43-20-15-35(30-68)25-40(43)33-71/h1-29H. The Morgan fingerprint density at radius 2 is 0.811 bits per heavy atom. The number of hydrogen-bond donors (Lipinski definition) is 0. The van der Waals surface area contributed by atoms with Crippen LogP contribution in [0.15, 0.2) is 176 Å². The van der Waals surface area contributed by atoms with E-state index in [4.69, 9.17) is 0 Å². The van der Waals surface area contributed by atoms with E-state index >= 15 is 13.2 Å². The first kappa shape index (κ1) is 46.0. The average molecular weight is 974 g/mol. The highest BCUT2D eigenvalue weighted by Gasteiger charge is 2.39. The third kappa shape index (κ3) is 7.42. The van der Waals surface area contributed by atoms with Gasteiger partial charge >= 0.3 is 12.4 Å². The quantitative estimate of drug-likeness (QED) is 0.153. The summed E-state index contributed by atoms with van der Waals surface area (Å²) >= 11 is 0. The third-order valence-electron chi connectivity index (χ3n) is 13.4. The summed E-state index contributed by atoms with van der Waals surface area (Å²) in [5.74, 6) is 0. The molecule has 74 heavy (non-hydrogen) atoms. The first-order valence-corrected chi connectivity index (χ1v) is 22.7. The van der Waals surface area contributed by atoms with Crippen molar-refractivity contribution in [1.82, 2.24) is 9.13 Å². The molecule has 0 aliphatic rings. The van der Waals surface area contributed by atoms with Crippen LogP contribution in [0.5, 0.6) is 0 Å². The lowest BCUT2D eigenvalue weighted by molar-refractivity contribution is -0.142. The lowest BCUT2D eigenvalue weighted by Gasteiger charge is -2.24. The summed E-state index contributed by atoms with van der Waals surface area (Å²) in [6.07, 6.45) is -10.4. The second kappa shape index (κ2) is 17.5. The van der Waals surface area contributed by atoms with Gasteiger partial charge in [-0.2, -0.15) is 52.7 Å². The van der Waals surface area contributed by atoms with Gasteiger partial charge in [0.2, 0.25) is 0 Å². The van der Waals surface area contributed by atoms with Crippen LogP contribution in [0, 0.1) is 56.7 Å². The SMILES string of the molecule is N#Cc1ccc(-c2ccc3c(c2)c2ccccc2n3-c2cccc(C#N)c2-c2c(-c3ccc(C(F)(F)F)cc3C(F)(F)F)cccc2-n2c3ccccc3c3cc(-c4ccc(C#N)cc4C#N)ccc32)c(C#N)c1. The van der Waals surface area contributed by atoms with Crippen molar-refractivity contribution in [1.29, 1.82) is 26.3 Å². The Hall–Kier alpha value is -10.4. The van der Waals surface area contributed by atoms with Gasteiger partial charge in [-0.05, 0) is 124 Å². The third-order valence-corrected chi connectivity index (χ3v) is 13.4. The van der Waals surface area contributed by atoms with Crippen LogP contribution in [0.3, 0.4) is 0 Å². The number of nitriles is 5. The molecule has 11 rings (SSSR count). The summed E-state index contributed by atoms with van der Waals surface area (Å²) in [5.41, 5.74) is 3.33. The van der Waals surface area contributed by atoms with Crippen LogP contribution in [-0.4, -0.2) is 9.13 Å². The Labute approximate surface area is 417 Å². The fourth-order valence-electron chi connectivity index (χ4n) is 10.2. The molecule has 0 unspecified atom stereocenters. The molecule has 0 aliphatic carbocycles. The Morgan fingerprint density at radius 3 is 1.30 bits per heavy atom. The second-order valence-corrected chi connectivity index (χ2v) is 17.4. The van der Waals surface area contributed by atoms with Crippen LogP contribution in [0.4, 0.5) is 26.3 Å². The molecule has 11 aromatic rings. The molecule has 0 amide bonds. The Balaban J connectivity index is 1.26. The minimum atomic E-state index is -5.27. The minimum Gasteiger partial charge on any atom is -0.309 e. The maximum atomic E-state index is 15.4. The van der Waals surface area contributed by atoms with Crippen LogP contribution in [-0.2, 0) is 12.4 Å². The molecule has 0 spiro atoms. The summed E-state index contributed by atoms with van der Waals surface area (Å²) in [6.45, 7) is 0. The van der Waals surface area contributed by atoms with Crippen molar-refractivity contribution in [2.45, 2.75) is 12.4 Å². The van der Waals surface area contributed by atoms with E-state index < -0.39 is 29.0 Å². The molecule has 0 aliphatic heterocycles. The topological polar surface area (TPSA) is 129 Å². The van der Waals surface area contributed by atoms with Crippen molar-refractivity contribution < 1.29 is 26.3 Å². The van der Waals surface area contributed by atoms with E-state index in [1.54, 1.807) is 60.7 Å². The van der Waals surface area contributed by atoms with Crippen LogP contribution in [0.25, 0.3) is 99.5 Å². The number of hydrogen-bond acceptors (Lipinski definition) is 5. The molecule has 0 radical (unpaired) electrons. The highest BCUT2D eigenvalue weighted by molar-refractivity contribution is 6.14. The lowest BCUT2D eigenvalue weighted by Crippen LogP contribution is -2.13. The Kier molecular flexibility index (Phi) is 10.9. The van der Waals surface area contributed by atoms with Gasteiger partial charge in [-0.1, -0.05) is 84.9 Å². The van der Waals surface area contributed by atoms with Crippen molar-refractivity contribution in [2.75, 3.05) is 0 Å². The number of aromatic nitrogens is 2. The summed E-state index contributed by atoms with van der Waals surface area (Å²) in [5, 5.41) is 53.4. The maximum absolute atomic E-state index is 15.4. The zero-order chi connectivity index (χ0) is 51.6. The van der Waals surface area contributed by atoms with E-state index in [1.165, 1.54) is 24.3 Å². The fraction of sp³-hybridized carbons (Fsp3) is 0.0328. The number of fused-ring (bicyclic) bond motifs is 6. The molecule has 7 nitrogen and oxygen atoms in total. The molecule has 350 valence electrons. The molecule has 0 saturated heterocycles. The number of rotatable bonds is 6. The van der Waals surface area contributed by atoms with Crippen molar-refractivity contribution >= 4 is 43.6 Å². The first-order valence-electron chi connectivity index (χ1n) is 22.7. The summed E-state index contributed by atoms with van der Waals surface area (Å²) in [4.78, 5) is 0. The van der Waals surface area contributed by atoms with Gasteiger partial charge in [0.25, 0.3) is 0 Å². The number of para-hydroxylation sites is 2. The van der Waals surface area contributed by atoms with Gasteiger partial charge in [-0.15, -0.1) is 0 Å². The molecular weight excluding hydrogens is 945 g/mol. The van der Waals surface area contributed by atoms with Gasteiger partial charge in [0, 0.05) is 32.7 Å². The van der Waals surface area contributed by atoms with E-state index in [0.717, 1.165) is 16.8 Å². The van der Waals surface area contributed by atoms with Gasteiger partial charge < -0.3 is 9.13 Å². The normalized spacial score (nSPS) is 11.6. The molecule has 2 aromatic heterocycles. The summed E-state index contributed by atoms with van der Waals surface area (Å²) < 4.78 is 92.9. The van der Waals surface area contributed by atoms with E-state index in [-0.39, 0.29) is 39.4 Å². The lowest BCUT2D eigenvalue weighted by atomic mass is 9.86. The molecular formula is C61H29F6N7. The van der Waals surface area contributed by atoms with Gasteiger partial charge in [0.1, 0.15) is 0 Å². The fourth-order valence-corrected chi connectivity index (χ4v) is 10.2. The zero-order valence-corrected chi connectivity index (χ0v) is 38.1. The highest BCUT2D eigenvalue weighted by atomic mass is 19.4. The molecule has 0 N–H and O–H groups in total. The van der Waals surface area contributed by atoms with Crippen LogP contribution in [0.2, 0.25) is 0 Å². The smallest absolute Gasteiger partial charge is 0.309 e. The van der Waals surface area contributed by atoms with E-state index in [0.29, 0.717) is 83.7 Å². The molecule has 0 fully saturated rings. The predicted octanol–water partition coefficient (Wildman–Crippen LogP) is 15.9. The van der Waals surface area contributed by atoms with E-state index in [9.17, 15) is 39.5 Å². The number of halogens is 6. The Morgan fingerprint density at radius 1 is 0.338 bits per heavy atom. The zero-order valence-electron chi connectivity index (χ0n) is 38.1. The van der Waals surface area contributed by atoms with Crippen molar-refractivity contribution in [3.63, 3.8) is 0 Å². The van der Waals surface area contributed by atoms with Gasteiger partial charge in [0.05, 0.1) is 103 Å². The van der Waals surface area contributed by atoms with Crippen LogP contribution >= 0.6 is 0 Å². The number of benzene rings is 9. The minimum absolute atomic E-state index is 0.0448. The molecule has 0 saturated carbocycles. The molecule has 0 bridgehead atoms. The van der Waals surface area contributed by atoms with Crippen molar-refractivity contribution in [3.05, 3.63) is 215 Å². The summed E-state index contributed by atoms with van der Waals surface area (Å²) in [7, 11) is 0. The maximum Gasteiger partial charge on any atom is 0.417 e. The van der Waals surface area contributed by atoms with E-state index in [2.05, 4.69) is 30.3 Å². The van der Waals surface area contributed by atoms with Crippen molar-refractivity contribution in [3.8, 4) is 86.2 Å². The average Bonchev–Trinajstić information content (AvgIpc) is 3.94. The number of alkyl halides is 6. The summed E-state index contributed by atoms with van der Waals surface area (Å²) in [6, 6.07) is 57.4. The molecule has 9 aromatic carbocycles. The monoisotopic (exact) mass is 973 g/mol. The van der Waals surface area contributed by atoms with Gasteiger partial charge in [-0.3, -0.25) is 0 Å². The number of nitrogens with zero attached hydrogens (tertiary/aromatic N) is 7. The van der Waals surface area contributed by atoms with E-state index in [1.807, 2.05) is 81.9 Å². The van der Waals surface area contributed by atoms with Crippen LogP contribution < -0.4 is 0 Å². The molecule has 0 atom stereocenters. The largest absolute Gasteiger partial charge is 0.417 e. The molecule has 13 heteroatoms. The molecule has 2 heterocycles. The Bertz CT molecular complexity index is 4420. The van der Waals surface area contributed by atoms with Crippen LogP contribution in [0.1, 0.15) is 38.9 Å². The van der Waals surface area contributed by atoms with Gasteiger partial charge in [-0.25, -0.2) is 0 Å². The second-order valence-electron chi connectivity index (χ2n) is 17.4.